The van der Waals surface area contributed by atoms with E-state index in [2.05, 4.69) is 5.32 Å². The Morgan fingerprint density at radius 3 is 2.33 bits per heavy atom. The normalized spacial score (nSPS) is 11.1. The third kappa shape index (κ3) is 6.49. The molecule has 0 unspecified atom stereocenters. The van der Waals surface area contributed by atoms with Gasteiger partial charge in [-0.25, -0.2) is 4.79 Å². The number of urea groups is 1. The number of benzene rings is 1. The van der Waals surface area contributed by atoms with Gasteiger partial charge in [-0.1, -0.05) is 6.92 Å². The van der Waals surface area contributed by atoms with Gasteiger partial charge >= 0.3 is 6.03 Å². The molecule has 1 aromatic rings. The van der Waals surface area contributed by atoms with Gasteiger partial charge in [-0.05, 0) is 51.5 Å². The lowest BCUT2D eigenvalue weighted by Crippen LogP contribution is -2.37. The molecule has 1 rings (SSSR count). The van der Waals surface area contributed by atoms with Crippen LogP contribution in [0.1, 0.15) is 34.1 Å². The first kappa shape index (κ1) is 17.3. The molecule has 118 valence electrons. The second-order valence-electron chi connectivity index (χ2n) is 5.88. The Morgan fingerprint density at radius 1 is 1.24 bits per heavy atom. The number of carbonyl (C=O) groups is 1. The quantitative estimate of drug-likeness (QED) is 0.847. The summed E-state index contributed by atoms with van der Waals surface area (Å²) in [6.07, 6.45) is 0.853. The van der Waals surface area contributed by atoms with E-state index in [4.69, 9.17) is 9.84 Å². The maximum atomic E-state index is 12.1. The number of rotatable bonds is 6. The summed E-state index contributed by atoms with van der Waals surface area (Å²) in [5.41, 5.74) is 0.462. The van der Waals surface area contributed by atoms with Crippen molar-refractivity contribution in [3.05, 3.63) is 24.3 Å². The highest BCUT2D eigenvalue weighted by Crippen LogP contribution is 2.20. The molecule has 0 aliphatic heterocycles. The molecule has 2 N–H and O–H groups in total. The van der Waals surface area contributed by atoms with Crippen molar-refractivity contribution in [3.63, 3.8) is 0 Å². The first-order valence-corrected chi connectivity index (χ1v) is 7.31. The Balaban J connectivity index is 2.63. The Labute approximate surface area is 126 Å². The van der Waals surface area contributed by atoms with Crippen molar-refractivity contribution in [2.45, 2.75) is 39.7 Å². The summed E-state index contributed by atoms with van der Waals surface area (Å²) >= 11 is 0. The van der Waals surface area contributed by atoms with E-state index in [0.717, 1.165) is 12.2 Å². The highest BCUT2D eigenvalue weighted by atomic mass is 16.5. The largest absolute Gasteiger partial charge is 0.488 e. The van der Waals surface area contributed by atoms with E-state index >= 15 is 0 Å². The second kappa shape index (κ2) is 7.88. The molecule has 0 atom stereocenters. The van der Waals surface area contributed by atoms with Crippen LogP contribution in [0.3, 0.4) is 0 Å². The summed E-state index contributed by atoms with van der Waals surface area (Å²) < 4.78 is 5.73. The van der Waals surface area contributed by atoms with Gasteiger partial charge < -0.3 is 20.1 Å². The van der Waals surface area contributed by atoms with Crippen molar-refractivity contribution in [2.24, 2.45) is 0 Å². The van der Waals surface area contributed by atoms with E-state index in [1.807, 2.05) is 52.0 Å². The molecule has 0 aliphatic carbocycles. The van der Waals surface area contributed by atoms with E-state index in [-0.39, 0.29) is 18.2 Å². The fraction of sp³-hybridized carbons (Fsp3) is 0.562. The number of hydrogen-bond donors (Lipinski definition) is 2. The van der Waals surface area contributed by atoms with E-state index < -0.39 is 0 Å². The number of hydrogen-bond acceptors (Lipinski definition) is 3. The van der Waals surface area contributed by atoms with Crippen molar-refractivity contribution < 1.29 is 14.6 Å². The summed E-state index contributed by atoms with van der Waals surface area (Å²) in [6.45, 7) is 8.88. The van der Waals surface area contributed by atoms with Gasteiger partial charge in [0.15, 0.2) is 0 Å². The van der Waals surface area contributed by atoms with E-state index in [0.29, 0.717) is 18.8 Å². The Kier molecular flexibility index (Phi) is 6.49. The fourth-order valence-electron chi connectivity index (χ4n) is 1.87. The summed E-state index contributed by atoms with van der Waals surface area (Å²) in [6, 6.07) is 7.08. The summed E-state index contributed by atoms with van der Waals surface area (Å²) in [7, 11) is 0. The number of ether oxygens (including phenoxy) is 1. The molecule has 0 saturated heterocycles. The van der Waals surface area contributed by atoms with E-state index in [9.17, 15) is 4.79 Å². The van der Waals surface area contributed by atoms with Crippen LogP contribution < -0.4 is 10.1 Å². The van der Waals surface area contributed by atoms with Crippen molar-refractivity contribution in [1.29, 1.82) is 0 Å². The van der Waals surface area contributed by atoms with Crippen LogP contribution in [0.2, 0.25) is 0 Å². The third-order valence-electron chi connectivity index (χ3n) is 2.68. The smallest absolute Gasteiger partial charge is 0.321 e. The summed E-state index contributed by atoms with van der Waals surface area (Å²) in [5, 5.41) is 11.8. The van der Waals surface area contributed by atoms with Gasteiger partial charge in [0.1, 0.15) is 11.4 Å². The zero-order valence-electron chi connectivity index (χ0n) is 13.3. The Bertz CT molecular complexity index is 432. The number of carbonyl (C=O) groups excluding carboxylic acids is 1. The lowest BCUT2D eigenvalue weighted by molar-refractivity contribution is 0.131. The molecule has 0 radical (unpaired) electrons. The minimum absolute atomic E-state index is 0.0359. The lowest BCUT2D eigenvalue weighted by Gasteiger charge is -2.22. The van der Waals surface area contributed by atoms with Crippen molar-refractivity contribution in [1.82, 2.24) is 4.90 Å². The van der Waals surface area contributed by atoms with E-state index in [1.165, 1.54) is 0 Å². The maximum absolute atomic E-state index is 12.1. The molecule has 1 aromatic carbocycles. The predicted octanol–water partition coefficient (Wildman–Crippen LogP) is 3.10. The van der Waals surface area contributed by atoms with Crippen molar-refractivity contribution >= 4 is 11.7 Å². The Morgan fingerprint density at radius 2 is 1.86 bits per heavy atom. The fourth-order valence-corrected chi connectivity index (χ4v) is 1.87. The molecule has 2 amide bonds. The number of amides is 2. The molecule has 0 saturated carbocycles. The average Bonchev–Trinajstić information content (AvgIpc) is 2.39. The van der Waals surface area contributed by atoms with Gasteiger partial charge in [-0.15, -0.1) is 0 Å². The molecule has 0 spiro atoms. The standard InChI is InChI=1S/C16H26N2O3/c1-5-10-18(11-12-19)15(20)17-13-6-8-14(9-7-13)21-16(2,3)4/h6-9,19H,5,10-12H2,1-4H3,(H,17,20). The molecule has 0 aliphatic rings. The maximum Gasteiger partial charge on any atom is 0.321 e. The van der Waals surface area contributed by atoms with Crippen LogP contribution in [0, 0.1) is 0 Å². The van der Waals surface area contributed by atoms with Gasteiger partial charge in [0.25, 0.3) is 0 Å². The van der Waals surface area contributed by atoms with Crippen LogP contribution in [0.5, 0.6) is 5.75 Å². The molecule has 21 heavy (non-hydrogen) atoms. The van der Waals surface area contributed by atoms with Crippen LogP contribution in [0.25, 0.3) is 0 Å². The number of nitrogens with one attached hydrogen (secondary N) is 1. The molecule has 0 fully saturated rings. The summed E-state index contributed by atoms with van der Waals surface area (Å²) in [4.78, 5) is 13.7. The van der Waals surface area contributed by atoms with Crippen LogP contribution in [-0.2, 0) is 0 Å². The van der Waals surface area contributed by atoms with Gasteiger partial charge in [0.2, 0.25) is 0 Å². The summed E-state index contributed by atoms with van der Waals surface area (Å²) in [5.74, 6) is 0.765. The molecular weight excluding hydrogens is 268 g/mol. The number of anilines is 1. The molecule has 5 heteroatoms. The van der Waals surface area contributed by atoms with Crippen LogP contribution >= 0.6 is 0 Å². The number of nitrogens with zero attached hydrogens (tertiary/aromatic N) is 1. The minimum atomic E-state index is -0.246. The third-order valence-corrected chi connectivity index (χ3v) is 2.68. The van der Waals surface area contributed by atoms with Crippen LogP contribution in [-0.4, -0.2) is 41.3 Å². The molecule has 0 bridgehead atoms. The first-order chi connectivity index (χ1) is 9.85. The van der Waals surface area contributed by atoms with E-state index in [1.54, 1.807) is 4.90 Å². The van der Waals surface area contributed by atoms with Gasteiger partial charge in [0.05, 0.1) is 6.61 Å². The molecule has 5 nitrogen and oxygen atoms in total. The zero-order chi connectivity index (χ0) is 15.9. The van der Waals surface area contributed by atoms with Gasteiger partial charge in [0, 0.05) is 18.8 Å². The average molecular weight is 294 g/mol. The Hall–Kier alpha value is -1.75. The van der Waals surface area contributed by atoms with Crippen LogP contribution in [0.15, 0.2) is 24.3 Å². The van der Waals surface area contributed by atoms with Gasteiger partial charge in [-0.3, -0.25) is 0 Å². The van der Waals surface area contributed by atoms with Crippen molar-refractivity contribution in [2.75, 3.05) is 25.0 Å². The number of aliphatic hydroxyl groups is 1. The highest BCUT2D eigenvalue weighted by Gasteiger charge is 2.13. The molecule has 0 aromatic heterocycles. The lowest BCUT2D eigenvalue weighted by atomic mass is 10.2. The zero-order valence-corrected chi connectivity index (χ0v) is 13.3. The highest BCUT2D eigenvalue weighted by molar-refractivity contribution is 5.89. The SMILES string of the molecule is CCCN(CCO)C(=O)Nc1ccc(OC(C)(C)C)cc1. The number of aliphatic hydroxyl groups excluding tert-OH is 1. The topological polar surface area (TPSA) is 61.8 Å². The second-order valence-corrected chi connectivity index (χ2v) is 5.88. The minimum Gasteiger partial charge on any atom is -0.488 e. The first-order valence-electron chi connectivity index (χ1n) is 7.31. The monoisotopic (exact) mass is 294 g/mol. The molecular formula is C16H26N2O3. The molecule has 0 heterocycles. The van der Waals surface area contributed by atoms with Crippen molar-refractivity contribution in [3.8, 4) is 5.75 Å². The van der Waals surface area contributed by atoms with Crippen LogP contribution in [0.4, 0.5) is 10.5 Å². The van der Waals surface area contributed by atoms with Gasteiger partial charge in [-0.2, -0.15) is 0 Å². The predicted molar refractivity (Wildman–Crippen MR) is 84.8 cm³/mol.